The number of H-pyrrole nitrogens is 3. The fourth-order valence-electron chi connectivity index (χ4n) is 3.78. The molecule has 13 heteroatoms. The standard InChI is InChI=1S/C23H15F2N11/c24-14-9-27-22(18(14)16-3-1-5-31-35-16)33-20-12-7-26-8-13(12)21(30-11-29-20)34-23-19(15(25)10-28-23)17-4-2-6-32-36-17/h1-11,26-28H,(H,29,30,33,34). The maximum Gasteiger partial charge on any atom is 0.165 e. The predicted molar refractivity (Wildman–Crippen MR) is 126 cm³/mol. The number of fused-ring (bicyclic) bond motifs is 1. The smallest absolute Gasteiger partial charge is 0.165 e. The third kappa shape index (κ3) is 3.73. The number of nitrogens with one attached hydrogen (secondary N) is 4. The van der Waals surface area contributed by atoms with Gasteiger partial charge >= 0.3 is 0 Å². The first-order valence-corrected chi connectivity index (χ1v) is 10.6. The molecule has 0 unspecified atom stereocenters. The first kappa shape index (κ1) is 21.2. The molecule has 0 fully saturated rings. The first-order valence-electron chi connectivity index (χ1n) is 10.6. The molecule has 0 saturated heterocycles. The summed E-state index contributed by atoms with van der Waals surface area (Å²) in [7, 11) is 0. The summed E-state index contributed by atoms with van der Waals surface area (Å²) in [5.41, 5.74) is 1.33. The predicted octanol–water partition coefficient (Wildman–Crippen LogP) is 3.78. The van der Waals surface area contributed by atoms with Gasteiger partial charge in [-0.05, 0) is 24.3 Å². The van der Waals surface area contributed by atoms with Crippen LogP contribution in [0.5, 0.6) is 0 Å². The largest absolute Gasteiger partial charge is 0.366 e. The second kappa shape index (κ2) is 8.79. The van der Waals surface area contributed by atoms with E-state index < -0.39 is 11.6 Å². The summed E-state index contributed by atoms with van der Waals surface area (Å²) in [4.78, 5) is 22.0. The highest BCUT2D eigenvalue weighted by atomic mass is 19.1. The molecule has 0 bridgehead atoms. The molecule has 6 aromatic heterocycles. The van der Waals surface area contributed by atoms with E-state index in [-0.39, 0.29) is 22.4 Å². The van der Waals surface area contributed by atoms with Gasteiger partial charge in [-0.15, -0.1) is 0 Å². The number of halogens is 2. The topological polar surface area (TPSA) is 149 Å². The molecule has 6 aromatic rings. The van der Waals surface area contributed by atoms with Gasteiger partial charge < -0.3 is 20.3 Å². The zero-order chi connectivity index (χ0) is 24.5. The van der Waals surface area contributed by atoms with Crippen molar-refractivity contribution in [2.24, 2.45) is 4.99 Å². The number of hydrogen-bond donors (Lipinski definition) is 4. The molecule has 0 saturated carbocycles. The van der Waals surface area contributed by atoms with Gasteiger partial charge in [0, 0.05) is 48.0 Å². The van der Waals surface area contributed by atoms with Gasteiger partial charge in [0.15, 0.2) is 17.1 Å². The van der Waals surface area contributed by atoms with E-state index >= 15 is 0 Å². The Labute approximate surface area is 200 Å². The minimum Gasteiger partial charge on any atom is -0.366 e. The highest BCUT2D eigenvalue weighted by Crippen LogP contribution is 2.32. The maximum atomic E-state index is 14.6. The minimum absolute atomic E-state index is 0.168. The van der Waals surface area contributed by atoms with Crippen molar-refractivity contribution in [3.05, 3.63) is 84.9 Å². The molecular formula is C23H15F2N11. The molecule has 36 heavy (non-hydrogen) atoms. The molecule has 0 aromatic carbocycles. The molecule has 0 spiro atoms. The Morgan fingerprint density at radius 2 is 1.47 bits per heavy atom. The summed E-state index contributed by atoms with van der Waals surface area (Å²) < 4.78 is 29.1. The Kier molecular flexibility index (Phi) is 5.18. The van der Waals surface area contributed by atoms with Crippen LogP contribution in [0, 0.1) is 11.6 Å². The number of hydrogen-bond acceptors (Lipinski definition) is 8. The van der Waals surface area contributed by atoms with E-state index in [0.717, 1.165) is 0 Å². The van der Waals surface area contributed by atoms with E-state index in [2.05, 4.69) is 55.6 Å². The fraction of sp³-hybridized carbons (Fsp3) is 0. The average molecular weight is 483 g/mol. The van der Waals surface area contributed by atoms with Gasteiger partial charge in [-0.1, -0.05) is 0 Å². The van der Waals surface area contributed by atoms with Crippen LogP contribution in [0.4, 0.5) is 26.2 Å². The van der Waals surface area contributed by atoms with Gasteiger partial charge in [0.1, 0.15) is 23.8 Å². The maximum absolute atomic E-state index is 14.6. The van der Waals surface area contributed by atoms with Crippen LogP contribution in [0.25, 0.3) is 33.3 Å². The van der Waals surface area contributed by atoms with Crippen LogP contribution < -0.4 is 10.8 Å². The van der Waals surface area contributed by atoms with E-state index in [0.29, 0.717) is 33.8 Å². The van der Waals surface area contributed by atoms with Crippen molar-refractivity contribution >= 4 is 28.2 Å². The lowest BCUT2D eigenvalue weighted by Gasteiger charge is -2.06. The van der Waals surface area contributed by atoms with Gasteiger partial charge in [-0.2, -0.15) is 20.4 Å². The second-order valence-corrected chi connectivity index (χ2v) is 7.53. The Morgan fingerprint density at radius 3 is 2.22 bits per heavy atom. The van der Waals surface area contributed by atoms with Crippen LogP contribution in [0.3, 0.4) is 0 Å². The molecule has 176 valence electrons. The highest BCUT2D eigenvalue weighted by Gasteiger charge is 2.18. The summed E-state index contributed by atoms with van der Waals surface area (Å²) in [5, 5.41) is 19.9. The molecule has 0 aliphatic carbocycles. The van der Waals surface area contributed by atoms with Crippen molar-refractivity contribution in [2.45, 2.75) is 0 Å². The molecule has 4 N–H and O–H groups in total. The molecule has 0 radical (unpaired) electrons. The van der Waals surface area contributed by atoms with E-state index in [9.17, 15) is 8.78 Å². The molecule has 6 heterocycles. The Bertz CT molecular complexity index is 1740. The van der Waals surface area contributed by atoms with Crippen LogP contribution in [0.15, 0.2) is 72.8 Å². The molecule has 11 nitrogen and oxygen atoms in total. The number of aromatic amines is 3. The van der Waals surface area contributed by atoms with Crippen molar-refractivity contribution in [2.75, 3.05) is 5.32 Å². The third-order valence-electron chi connectivity index (χ3n) is 5.37. The fourth-order valence-corrected chi connectivity index (χ4v) is 3.78. The molecule has 0 amide bonds. The summed E-state index contributed by atoms with van der Waals surface area (Å²) in [5.74, 6) is -0.0865. The molecule has 0 aliphatic heterocycles. The Hall–Kier alpha value is -5.33. The average Bonchev–Trinajstić information content (AvgIpc) is 3.60. The summed E-state index contributed by atoms with van der Waals surface area (Å²) >= 11 is 0. The minimum atomic E-state index is -0.523. The highest BCUT2D eigenvalue weighted by molar-refractivity contribution is 5.93. The molecular weight excluding hydrogens is 468 g/mol. The SMILES string of the molecule is Fc1c[nH]c(/N=c2\ncnc(Nc3[nH]cc(F)c3-c3cccnn3)c3c[nH]cc23)c1-c1cccnn1. The van der Waals surface area contributed by atoms with E-state index in [1.165, 1.54) is 31.1 Å². The monoisotopic (exact) mass is 483 g/mol. The van der Waals surface area contributed by atoms with Crippen molar-refractivity contribution in [3.63, 3.8) is 0 Å². The van der Waals surface area contributed by atoms with Crippen molar-refractivity contribution < 1.29 is 8.78 Å². The summed E-state index contributed by atoms with van der Waals surface area (Å²) in [6.07, 6.45) is 10.1. The van der Waals surface area contributed by atoms with Gasteiger partial charge in [0.2, 0.25) is 0 Å². The van der Waals surface area contributed by atoms with Crippen LogP contribution in [-0.2, 0) is 0 Å². The van der Waals surface area contributed by atoms with Gasteiger partial charge in [-0.25, -0.2) is 23.7 Å². The molecule has 0 aliphatic rings. The zero-order valence-corrected chi connectivity index (χ0v) is 18.2. The van der Waals surface area contributed by atoms with Crippen LogP contribution in [-0.4, -0.2) is 45.3 Å². The quantitative estimate of drug-likeness (QED) is 0.291. The lowest BCUT2D eigenvalue weighted by molar-refractivity contribution is 0.631. The lowest BCUT2D eigenvalue weighted by Crippen LogP contribution is -2.04. The number of anilines is 2. The normalized spacial score (nSPS) is 11.8. The van der Waals surface area contributed by atoms with Crippen molar-refractivity contribution in [1.82, 2.24) is 45.3 Å². The van der Waals surface area contributed by atoms with E-state index in [1.807, 2.05) is 0 Å². The Morgan fingerprint density at radius 1 is 0.778 bits per heavy atom. The number of aromatic nitrogens is 9. The second-order valence-electron chi connectivity index (χ2n) is 7.53. The third-order valence-corrected chi connectivity index (χ3v) is 5.37. The summed E-state index contributed by atoms with van der Waals surface area (Å²) in [6, 6.07) is 6.61. The molecule has 0 atom stereocenters. The van der Waals surface area contributed by atoms with Crippen LogP contribution in [0.2, 0.25) is 0 Å². The lowest BCUT2D eigenvalue weighted by atomic mass is 10.2. The summed E-state index contributed by atoms with van der Waals surface area (Å²) in [6.45, 7) is 0. The van der Waals surface area contributed by atoms with E-state index in [1.54, 1.807) is 36.7 Å². The van der Waals surface area contributed by atoms with Gasteiger partial charge in [-0.3, -0.25) is 0 Å². The van der Waals surface area contributed by atoms with Crippen molar-refractivity contribution in [1.29, 1.82) is 0 Å². The van der Waals surface area contributed by atoms with Gasteiger partial charge in [0.05, 0.1) is 22.5 Å². The van der Waals surface area contributed by atoms with Gasteiger partial charge in [0.25, 0.3) is 0 Å². The van der Waals surface area contributed by atoms with Crippen LogP contribution in [0.1, 0.15) is 0 Å². The number of rotatable bonds is 5. The van der Waals surface area contributed by atoms with E-state index in [4.69, 9.17) is 0 Å². The van der Waals surface area contributed by atoms with Crippen LogP contribution >= 0.6 is 0 Å². The zero-order valence-electron chi connectivity index (χ0n) is 18.2. The number of nitrogens with zero attached hydrogens (tertiary/aromatic N) is 7. The Balaban J connectivity index is 1.46. The first-order chi connectivity index (χ1) is 17.7. The van der Waals surface area contributed by atoms with Crippen molar-refractivity contribution in [3.8, 4) is 22.5 Å². The molecule has 6 rings (SSSR count).